The van der Waals surface area contributed by atoms with Crippen LogP contribution < -0.4 is 5.48 Å². The fourth-order valence-corrected chi connectivity index (χ4v) is 4.02. The van der Waals surface area contributed by atoms with Crippen LogP contribution >= 0.6 is 0 Å². The van der Waals surface area contributed by atoms with E-state index in [9.17, 15) is 9.59 Å². The summed E-state index contributed by atoms with van der Waals surface area (Å²) in [5.41, 5.74) is 2.34. The summed E-state index contributed by atoms with van der Waals surface area (Å²) in [4.78, 5) is 27.3. The second-order valence-electron chi connectivity index (χ2n) is 7.71. The van der Waals surface area contributed by atoms with E-state index in [0.29, 0.717) is 17.9 Å². The van der Waals surface area contributed by atoms with Crippen LogP contribution in [-0.2, 0) is 4.79 Å². The molecule has 0 unspecified atom stereocenters. The number of hydroxylamine groups is 1. The first-order valence-corrected chi connectivity index (χ1v) is 10.2. The summed E-state index contributed by atoms with van der Waals surface area (Å²) < 4.78 is 5.40. The van der Waals surface area contributed by atoms with E-state index >= 15 is 0 Å². The van der Waals surface area contributed by atoms with Gasteiger partial charge in [-0.25, -0.2) is 10.3 Å². The molecule has 3 N–H and O–H groups in total. The van der Waals surface area contributed by atoms with Crippen LogP contribution in [0.5, 0.6) is 0 Å². The third-order valence-corrected chi connectivity index (χ3v) is 5.60. The van der Waals surface area contributed by atoms with Gasteiger partial charge in [-0.2, -0.15) is 4.98 Å². The lowest BCUT2D eigenvalue weighted by Gasteiger charge is -2.22. The fourth-order valence-electron chi connectivity index (χ4n) is 4.02. The van der Waals surface area contributed by atoms with Crippen molar-refractivity contribution in [1.29, 1.82) is 0 Å². The number of rotatable bonds is 9. The van der Waals surface area contributed by atoms with E-state index < -0.39 is 11.9 Å². The molecular weight excluding hydrogens is 374 g/mol. The second-order valence-corrected chi connectivity index (χ2v) is 7.71. The molecule has 1 aromatic heterocycles. The highest BCUT2D eigenvalue weighted by atomic mass is 16.5. The van der Waals surface area contributed by atoms with Gasteiger partial charge in [-0.15, -0.1) is 0 Å². The van der Waals surface area contributed by atoms with Crippen molar-refractivity contribution in [3.05, 3.63) is 35.7 Å². The molecule has 0 saturated heterocycles. The highest BCUT2D eigenvalue weighted by Gasteiger charge is 2.24. The number of carboxylic acid groups (broad SMARTS) is 1. The second kappa shape index (κ2) is 10.2. The molecular formula is C21H27N3O5. The molecule has 1 saturated carbocycles. The number of carbonyl (C=O) groups is 2. The van der Waals surface area contributed by atoms with Crippen LogP contribution in [0.25, 0.3) is 11.4 Å². The van der Waals surface area contributed by atoms with Gasteiger partial charge in [0.25, 0.3) is 0 Å². The number of hydrogen-bond acceptors (Lipinski definition) is 6. The third-order valence-electron chi connectivity index (χ3n) is 5.60. The Labute approximate surface area is 169 Å². The van der Waals surface area contributed by atoms with Crippen LogP contribution in [0, 0.1) is 5.92 Å². The molecule has 0 aliphatic heterocycles. The van der Waals surface area contributed by atoms with E-state index in [1.165, 1.54) is 44.2 Å². The summed E-state index contributed by atoms with van der Waals surface area (Å²) in [5, 5.41) is 22.0. The Hall–Kier alpha value is -2.74. The molecule has 3 rings (SSSR count). The normalized spacial score (nSPS) is 15.8. The largest absolute Gasteiger partial charge is 0.478 e. The lowest BCUT2D eigenvalue weighted by molar-refractivity contribution is -0.129. The maximum absolute atomic E-state index is 11.7. The lowest BCUT2D eigenvalue weighted by Crippen LogP contribution is -2.21. The van der Waals surface area contributed by atoms with Crippen molar-refractivity contribution < 1.29 is 24.4 Å². The molecule has 0 bridgehead atoms. The Balaban J connectivity index is 1.69. The third kappa shape index (κ3) is 5.87. The number of amides is 1. The Kier molecular flexibility index (Phi) is 7.35. The molecule has 2 aromatic rings. The van der Waals surface area contributed by atoms with Crippen molar-refractivity contribution in [2.24, 2.45) is 5.92 Å². The van der Waals surface area contributed by atoms with Crippen molar-refractivity contribution in [2.75, 3.05) is 0 Å². The number of carboxylic acids is 1. The van der Waals surface area contributed by atoms with Crippen LogP contribution in [0.1, 0.15) is 80.0 Å². The van der Waals surface area contributed by atoms with Crippen molar-refractivity contribution in [2.45, 2.75) is 63.7 Å². The number of hydrogen-bond donors (Lipinski definition) is 3. The Morgan fingerprint density at radius 2 is 2.03 bits per heavy atom. The van der Waals surface area contributed by atoms with Crippen LogP contribution in [0.2, 0.25) is 0 Å². The number of aromatic nitrogens is 2. The van der Waals surface area contributed by atoms with Gasteiger partial charge >= 0.3 is 5.97 Å². The van der Waals surface area contributed by atoms with Gasteiger partial charge in [-0.1, -0.05) is 62.2 Å². The summed E-state index contributed by atoms with van der Waals surface area (Å²) in [6.45, 7) is 0. The number of nitrogens with one attached hydrogen (secondary N) is 1. The topological polar surface area (TPSA) is 126 Å². The SMILES string of the molecule is O=C(C[C@H](CCCC1CCCCC1)c1nc(-c2cccc(C(=O)O)c2)no1)NO. The van der Waals surface area contributed by atoms with Gasteiger partial charge < -0.3 is 9.63 Å². The van der Waals surface area contributed by atoms with Crippen molar-refractivity contribution in [1.82, 2.24) is 15.6 Å². The standard InChI is InChI=1S/C21H27N3O5/c25-18(23-28)13-16(10-4-8-14-6-2-1-3-7-14)20-22-19(24-29-20)15-9-5-11-17(12-15)21(26)27/h5,9,11-12,14,16,28H,1-4,6-8,10,13H2,(H,23,25)(H,26,27)/t16-/m0/s1. The van der Waals surface area contributed by atoms with E-state index in [2.05, 4.69) is 10.1 Å². The van der Waals surface area contributed by atoms with Gasteiger partial charge in [0.2, 0.25) is 17.6 Å². The number of aromatic carboxylic acids is 1. The van der Waals surface area contributed by atoms with Gasteiger partial charge in [0.1, 0.15) is 0 Å². The van der Waals surface area contributed by atoms with Gasteiger partial charge in [0.05, 0.1) is 5.56 Å². The average molecular weight is 401 g/mol. The summed E-state index contributed by atoms with van der Waals surface area (Å²) in [5.74, 6) is -0.475. The maximum Gasteiger partial charge on any atom is 0.335 e. The first-order chi connectivity index (χ1) is 14.1. The van der Waals surface area contributed by atoms with Crippen LogP contribution in [0.15, 0.2) is 28.8 Å². The van der Waals surface area contributed by atoms with E-state index in [1.54, 1.807) is 17.6 Å². The average Bonchev–Trinajstić information content (AvgIpc) is 3.24. The maximum atomic E-state index is 11.7. The monoisotopic (exact) mass is 401 g/mol. The van der Waals surface area contributed by atoms with Gasteiger partial charge in [-0.05, 0) is 24.5 Å². The minimum Gasteiger partial charge on any atom is -0.478 e. The number of nitrogens with zero attached hydrogens (tertiary/aromatic N) is 2. The predicted octanol–water partition coefficient (Wildman–Crippen LogP) is 4.16. The molecule has 8 nitrogen and oxygen atoms in total. The van der Waals surface area contributed by atoms with Crippen LogP contribution in [0.3, 0.4) is 0 Å². The van der Waals surface area contributed by atoms with Gasteiger partial charge in [0, 0.05) is 17.9 Å². The quantitative estimate of drug-likeness (QED) is 0.425. The van der Waals surface area contributed by atoms with Gasteiger partial charge in [0.15, 0.2) is 0 Å². The predicted molar refractivity (Wildman–Crippen MR) is 104 cm³/mol. The first kappa shape index (κ1) is 21.0. The molecule has 1 aliphatic rings. The molecule has 0 radical (unpaired) electrons. The van der Waals surface area contributed by atoms with E-state index in [-0.39, 0.29) is 23.7 Å². The molecule has 1 amide bonds. The minimum atomic E-state index is -1.03. The van der Waals surface area contributed by atoms with E-state index in [0.717, 1.165) is 18.8 Å². The molecule has 8 heteroatoms. The molecule has 1 atom stereocenters. The number of benzene rings is 1. The highest BCUT2D eigenvalue weighted by molar-refractivity contribution is 5.89. The summed E-state index contributed by atoms with van der Waals surface area (Å²) in [6.07, 6.45) is 9.27. The highest BCUT2D eigenvalue weighted by Crippen LogP contribution is 2.31. The van der Waals surface area contributed by atoms with Crippen molar-refractivity contribution >= 4 is 11.9 Å². The zero-order valence-corrected chi connectivity index (χ0v) is 16.3. The summed E-state index contributed by atoms with van der Waals surface area (Å²) >= 11 is 0. The minimum absolute atomic E-state index is 0.0535. The Bertz CT molecular complexity index is 829. The molecule has 156 valence electrons. The molecule has 1 aliphatic carbocycles. The molecule has 0 spiro atoms. The van der Waals surface area contributed by atoms with Crippen molar-refractivity contribution in [3.63, 3.8) is 0 Å². The van der Waals surface area contributed by atoms with Gasteiger partial charge in [-0.3, -0.25) is 10.0 Å². The zero-order chi connectivity index (χ0) is 20.6. The zero-order valence-electron chi connectivity index (χ0n) is 16.3. The van der Waals surface area contributed by atoms with Crippen molar-refractivity contribution in [3.8, 4) is 11.4 Å². The van der Waals surface area contributed by atoms with Crippen LogP contribution in [-0.4, -0.2) is 32.3 Å². The Morgan fingerprint density at radius 1 is 1.24 bits per heavy atom. The molecule has 1 aromatic carbocycles. The number of carbonyl (C=O) groups excluding carboxylic acids is 1. The fraction of sp³-hybridized carbons (Fsp3) is 0.524. The first-order valence-electron chi connectivity index (χ1n) is 10.2. The molecule has 29 heavy (non-hydrogen) atoms. The van der Waals surface area contributed by atoms with E-state index in [4.69, 9.17) is 14.8 Å². The lowest BCUT2D eigenvalue weighted by atomic mass is 9.84. The molecule has 1 heterocycles. The van der Waals surface area contributed by atoms with Crippen LogP contribution in [0.4, 0.5) is 0 Å². The molecule has 1 fully saturated rings. The Morgan fingerprint density at radius 3 is 2.76 bits per heavy atom. The smallest absolute Gasteiger partial charge is 0.335 e. The van der Waals surface area contributed by atoms with E-state index in [1.807, 2.05) is 0 Å². The summed E-state index contributed by atoms with van der Waals surface area (Å²) in [7, 11) is 0. The summed E-state index contributed by atoms with van der Waals surface area (Å²) in [6, 6.07) is 6.30.